The van der Waals surface area contributed by atoms with Gasteiger partial charge in [-0.15, -0.1) is 0 Å². The fourth-order valence-electron chi connectivity index (χ4n) is 1.16. The molecule has 0 atom stereocenters. The van der Waals surface area contributed by atoms with Gasteiger partial charge in [-0.05, 0) is 37.1 Å². The number of amides is 1. The summed E-state index contributed by atoms with van der Waals surface area (Å²) >= 11 is 0. The van der Waals surface area contributed by atoms with E-state index in [1.807, 2.05) is 19.9 Å². The quantitative estimate of drug-likeness (QED) is 0.645. The molecule has 0 unspecified atom stereocenters. The minimum atomic E-state index is -0.0809. The van der Waals surface area contributed by atoms with Crippen LogP contribution in [0.3, 0.4) is 0 Å². The summed E-state index contributed by atoms with van der Waals surface area (Å²) in [5, 5.41) is 2.69. The van der Waals surface area contributed by atoms with Crippen molar-refractivity contribution in [2.75, 3.05) is 11.1 Å². The fraction of sp³-hybridized carbons (Fsp3) is 0.300. The van der Waals surface area contributed by atoms with Gasteiger partial charge in [0.1, 0.15) is 0 Å². The van der Waals surface area contributed by atoms with Crippen molar-refractivity contribution in [3.63, 3.8) is 0 Å². The monoisotopic (exact) mass is 178 g/mol. The second kappa shape index (κ2) is 3.47. The van der Waals surface area contributed by atoms with E-state index in [9.17, 15) is 4.79 Å². The standard InChI is InChI=1S/C10H14N2O/c1-6-4-9(12-8(3)13)5-10(11)7(6)2/h4-5H,11H2,1-3H3,(H,12,13). The first-order valence-electron chi connectivity index (χ1n) is 4.15. The average Bonchev–Trinajstić information content (AvgIpc) is 1.98. The number of anilines is 2. The van der Waals surface area contributed by atoms with Crippen LogP contribution in [0.1, 0.15) is 18.1 Å². The molecule has 0 spiro atoms. The van der Waals surface area contributed by atoms with Gasteiger partial charge in [0.2, 0.25) is 5.91 Å². The Morgan fingerprint density at radius 2 is 2.00 bits per heavy atom. The van der Waals surface area contributed by atoms with E-state index in [2.05, 4.69) is 5.32 Å². The van der Waals surface area contributed by atoms with Crippen LogP contribution in [0.4, 0.5) is 11.4 Å². The first-order valence-corrected chi connectivity index (χ1v) is 4.15. The molecule has 0 aliphatic rings. The van der Waals surface area contributed by atoms with Crippen LogP contribution >= 0.6 is 0 Å². The van der Waals surface area contributed by atoms with Crippen molar-refractivity contribution in [1.82, 2.24) is 0 Å². The molecule has 0 heterocycles. The lowest BCUT2D eigenvalue weighted by atomic mass is 10.1. The number of benzene rings is 1. The van der Waals surface area contributed by atoms with E-state index >= 15 is 0 Å². The molecule has 0 saturated heterocycles. The summed E-state index contributed by atoms with van der Waals surface area (Å²) in [5.41, 5.74) is 9.37. The van der Waals surface area contributed by atoms with Gasteiger partial charge in [0.25, 0.3) is 0 Å². The molecule has 0 aromatic heterocycles. The molecule has 70 valence electrons. The number of nitrogen functional groups attached to an aromatic ring is 1. The predicted molar refractivity (Wildman–Crippen MR) is 54.6 cm³/mol. The zero-order valence-corrected chi connectivity index (χ0v) is 8.14. The minimum Gasteiger partial charge on any atom is -0.398 e. The van der Waals surface area contributed by atoms with Gasteiger partial charge >= 0.3 is 0 Å². The third-order valence-corrected chi connectivity index (χ3v) is 2.03. The van der Waals surface area contributed by atoms with Gasteiger partial charge in [0.15, 0.2) is 0 Å². The number of nitrogens with two attached hydrogens (primary N) is 1. The van der Waals surface area contributed by atoms with Crippen molar-refractivity contribution in [1.29, 1.82) is 0 Å². The first kappa shape index (κ1) is 9.58. The maximum absolute atomic E-state index is 10.8. The van der Waals surface area contributed by atoms with E-state index in [-0.39, 0.29) is 5.91 Å². The van der Waals surface area contributed by atoms with Gasteiger partial charge in [0, 0.05) is 18.3 Å². The summed E-state index contributed by atoms with van der Waals surface area (Å²) in [7, 11) is 0. The number of rotatable bonds is 1. The van der Waals surface area contributed by atoms with E-state index in [0.29, 0.717) is 5.69 Å². The number of carbonyl (C=O) groups excluding carboxylic acids is 1. The topological polar surface area (TPSA) is 55.1 Å². The molecule has 0 saturated carbocycles. The SMILES string of the molecule is CC(=O)Nc1cc(C)c(C)c(N)c1. The van der Waals surface area contributed by atoms with Crippen LogP contribution in [0.25, 0.3) is 0 Å². The van der Waals surface area contributed by atoms with Crippen molar-refractivity contribution >= 4 is 17.3 Å². The molecule has 1 aromatic rings. The molecule has 3 heteroatoms. The summed E-state index contributed by atoms with van der Waals surface area (Å²) in [6.07, 6.45) is 0. The average molecular weight is 178 g/mol. The Kier molecular flexibility index (Phi) is 2.56. The van der Waals surface area contributed by atoms with Gasteiger partial charge in [0.05, 0.1) is 0 Å². The normalized spacial score (nSPS) is 9.77. The maximum Gasteiger partial charge on any atom is 0.221 e. The van der Waals surface area contributed by atoms with Crippen molar-refractivity contribution in [3.05, 3.63) is 23.3 Å². The highest BCUT2D eigenvalue weighted by atomic mass is 16.1. The molecule has 0 radical (unpaired) electrons. The molecule has 1 aromatic carbocycles. The van der Waals surface area contributed by atoms with E-state index in [4.69, 9.17) is 5.73 Å². The van der Waals surface area contributed by atoms with Gasteiger partial charge in [-0.25, -0.2) is 0 Å². The molecule has 0 bridgehead atoms. The zero-order valence-electron chi connectivity index (χ0n) is 8.14. The Bertz CT molecular complexity index is 322. The zero-order chi connectivity index (χ0) is 10.0. The summed E-state index contributed by atoms with van der Waals surface area (Å²) in [4.78, 5) is 10.8. The molecule has 13 heavy (non-hydrogen) atoms. The van der Waals surface area contributed by atoms with Gasteiger partial charge in [-0.2, -0.15) is 0 Å². The highest BCUT2D eigenvalue weighted by molar-refractivity contribution is 5.89. The van der Waals surface area contributed by atoms with Crippen LogP contribution in [0, 0.1) is 13.8 Å². The maximum atomic E-state index is 10.8. The predicted octanol–water partition coefficient (Wildman–Crippen LogP) is 1.84. The van der Waals surface area contributed by atoms with E-state index in [0.717, 1.165) is 16.8 Å². The molecule has 1 rings (SSSR count). The van der Waals surface area contributed by atoms with E-state index < -0.39 is 0 Å². The Morgan fingerprint density at radius 1 is 1.38 bits per heavy atom. The highest BCUT2D eigenvalue weighted by Crippen LogP contribution is 2.21. The van der Waals surface area contributed by atoms with E-state index in [1.54, 1.807) is 6.07 Å². The summed E-state index contributed by atoms with van der Waals surface area (Å²) in [6.45, 7) is 5.41. The Labute approximate surface area is 77.9 Å². The summed E-state index contributed by atoms with van der Waals surface area (Å²) in [5.74, 6) is -0.0809. The van der Waals surface area contributed by atoms with Crippen LogP contribution < -0.4 is 11.1 Å². The fourth-order valence-corrected chi connectivity index (χ4v) is 1.16. The first-order chi connectivity index (χ1) is 6.00. The van der Waals surface area contributed by atoms with Crippen molar-refractivity contribution in [2.24, 2.45) is 0 Å². The Balaban J connectivity index is 3.06. The van der Waals surface area contributed by atoms with Crippen LogP contribution in [-0.4, -0.2) is 5.91 Å². The molecule has 3 N–H and O–H groups in total. The molecule has 1 amide bonds. The van der Waals surface area contributed by atoms with Crippen LogP contribution in [0.5, 0.6) is 0 Å². The number of hydrogen-bond donors (Lipinski definition) is 2. The Morgan fingerprint density at radius 3 is 2.46 bits per heavy atom. The third kappa shape index (κ3) is 2.21. The molecule has 3 nitrogen and oxygen atoms in total. The number of aryl methyl sites for hydroxylation is 1. The number of hydrogen-bond acceptors (Lipinski definition) is 2. The van der Waals surface area contributed by atoms with Crippen LogP contribution in [0.2, 0.25) is 0 Å². The molecule has 0 fully saturated rings. The molecule has 0 aliphatic heterocycles. The molecular formula is C10H14N2O. The lowest BCUT2D eigenvalue weighted by Crippen LogP contribution is -2.07. The largest absolute Gasteiger partial charge is 0.398 e. The lowest BCUT2D eigenvalue weighted by molar-refractivity contribution is -0.114. The lowest BCUT2D eigenvalue weighted by Gasteiger charge is -2.08. The number of carbonyl (C=O) groups is 1. The second-order valence-electron chi connectivity index (χ2n) is 3.19. The van der Waals surface area contributed by atoms with Gasteiger partial charge in [-0.1, -0.05) is 0 Å². The number of nitrogens with one attached hydrogen (secondary N) is 1. The van der Waals surface area contributed by atoms with Gasteiger partial charge in [-0.3, -0.25) is 4.79 Å². The van der Waals surface area contributed by atoms with Crippen LogP contribution in [-0.2, 0) is 4.79 Å². The highest BCUT2D eigenvalue weighted by Gasteiger charge is 2.01. The van der Waals surface area contributed by atoms with Crippen molar-refractivity contribution in [2.45, 2.75) is 20.8 Å². The Hall–Kier alpha value is -1.51. The van der Waals surface area contributed by atoms with Crippen molar-refractivity contribution < 1.29 is 4.79 Å². The summed E-state index contributed by atoms with van der Waals surface area (Å²) in [6, 6.07) is 3.68. The third-order valence-electron chi connectivity index (χ3n) is 2.03. The van der Waals surface area contributed by atoms with Gasteiger partial charge < -0.3 is 11.1 Å². The van der Waals surface area contributed by atoms with Crippen molar-refractivity contribution in [3.8, 4) is 0 Å². The minimum absolute atomic E-state index is 0.0809. The second-order valence-corrected chi connectivity index (χ2v) is 3.19. The molecule has 0 aliphatic carbocycles. The van der Waals surface area contributed by atoms with E-state index in [1.165, 1.54) is 6.92 Å². The summed E-state index contributed by atoms with van der Waals surface area (Å²) < 4.78 is 0. The molecular weight excluding hydrogens is 164 g/mol. The van der Waals surface area contributed by atoms with Crippen LogP contribution in [0.15, 0.2) is 12.1 Å². The smallest absolute Gasteiger partial charge is 0.221 e.